The van der Waals surface area contributed by atoms with Crippen molar-refractivity contribution < 1.29 is 9.90 Å². The van der Waals surface area contributed by atoms with Gasteiger partial charge in [-0.1, -0.05) is 27.2 Å². The van der Waals surface area contributed by atoms with E-state index in [1.807, 2.05) is 11.8 Å². The summed E-state index contributed by atoms with van der Waals surface area (Å²) in [4.78, 5) is 11.2. The molecule has 3 heteroatoms. The smallest absolute Gasteiger partial charge is 0.307 e. The van der Waals surface area contributed by atoms with Crippen molar-refractivity contribution in [3.05, 3.63) is 0 Å². The van der Waals surface area contributed by atoms with Gasteiger partial charge in [0.2, 0.25) is 0 Å². The number of carboxylic acids is 1. The van der Waals surface area contributed by atoms with E-state index in [1.54, 1.807) is 0 Å². The lowest BCUT2D eigenvalue weighted by Crippen LogP contribution is -2.32. The third kappa shape index (κ3) is 4.00. The summed E-state index contributed by atoms with van der Waals surface area (Å²) in [6.07, 6.45) is 4.22. The monoisotopic (exact) mass is 244 g/mol. The third-order valence-corrected chi connectivity index (χ3v) is 5.37. The second-order valence-corrected chi connectivity index (χ2v) is 6.52. The summed E-state index contributed by atoms with van der Waals surface area (Å²) in [5, 5.41) is 9.55. The number of carbonyl (C=O) groups is 1. The van der Waals surface area contributed by atoms with Crippen LogP contribution in [-0.2, 0) is 4.79 Å². The maximum absolute atomic E-state index is 11.2. The fraction of sp³-hybridized carbons (Fsp3) is 0.923. The van der Waals surface area contributed by atoms with Gasteiger partial charge in [0.15, 0.2) is 0 Å². The van der Waals surface area contributed by atoms with Crippen LogP contribution < -0.4 is 0 Å². The van der Waals surface area contributed by atoms with Gasteiger partial charge in [-0.25, -0.2) is 0 Å². The van der Waals surface area contributed by atoms with Gasteiger partial charge in [0.25, 0.3) is 0 Å². The van der Waals surface area contributed by atoms with Gasteiger partial charge in [-0.05, 0) is 36.9 Å². The zero-order valence-corrected chi connectivity index (χ0v) is 11.4. The number of rotatable bonds is 5. The molecule has 0 saturated heterocycles. The van der Waals surface area contributed by atoms with Crippen LogP contribution in [-0.4, -0.2) is 22.1 Å². The van der Waals surface area contributed by atoms with Crippen molar-refractivity contribution in [1.29, 1.82) is 0 Å². The molecule has 0 spiro atoms. The normalized spacial score (nSPS) is 32.3. The Morgan fingerprint density at radius 2 is 2.19 bits per heavy atom. The molecule has 0 aromatic heterocycles. The van der Waals surface area contributed by atoms with E-state index in [9.17, 15) is 9.90 Å². The number of hydrogen-bond donors (Lipinski definition) is 1. The average molecular weight is 244 g/mol. The minimum atomic E-state index is -0.589. The van der Waals surface area contributed by atoms with E-state index in [0.29, 0.717) is 17.1 Å². The third-order valence-electron chi connectivity index (χ3n) is 3.66. The van der Waals surface area contributed by atoms with Crippen LogP contribution in [0.3, 0.4) is 0 Å². The van der Waals surface area contributed by atoms with Crippen LogP contribution in [0.15, 0.2) is 0 Å². The van der Waals surface area contributed by atoms with Gasteiger partial charge >= 0.3 is 5.97 Å². The molecule has 1 aliphatic rings. The van der Waals surface area contributed by atoms with Crippen molar-refractivity contribution in [2.24, 2.45) is 17.8 Å². The molecule has 0 bridgehead atoms. The summed E-state index contributed by atoms with van der Waals surface area (Å²) < 4.78 is 0. The van der Waals surface area contributed by atoms with Crippen LogP contribution in [0.5, 0.6) is 0 Å². The summed E-state index contributed by atoms with van der Waals surface area (Å²) in [6.45, 7) is 6.69. The predicted molar refractivity (Wildman–Crippen MR) is 69.8 cm³/mol. The molecule has 0 aromatic rings. The second-order valence-electron chi connectivity index (χ2n) is 5.25. The lowest BCUT2D eigenvalue weighted by atomic mass is 9.82. The Bertz CT molecular complexity index is 230. The van der Waals surface area contributed by atoms with Gasteiger partial charge in [0, 0.05) is 5.25 Å². The van der Waals surface area contributed by atoms with Crippen molar-refractivity contribution in [2.45, 2.75) is 51.7 Å². The molecule has 4 unspecified atom stereocenters. The topological polar surface area (TPSA) is 37.3 Å². The van der Waals surface area contributed by atoms with E-state index < -0.39 is 5.97 Å². The molecular formula is C13H24O2S. The Labute approximate surface area is 103 Å². The molecule has 1 N–H and O–H groups in total. The predicted octanol–water partition coefficient (Wildman–Crippen LogP) is 3.66. The molecule has 0 radical (unpaired) electrons. The van der Waals surface area contributed by atoms with Crippen molar-refractivity contribution in [1.82, 2.24) is 0 Å². The van der Waals surface area contributed by atoms with Gasteiger partial charge in [-0.2, -0.15) is 11.8 Å². The van der Waals surface area contributed by atoms with Gasteiger partial charge in [-0.15, -0.1) is 0 Å². The summed E-state index contributed by atoms with van der Waals surface area (Å²) >= 11 is 1.89. The van der Waals surface area contributed by atoms with E-state index in [0.717, 1.165) is 25.0 Å². The highest BCUT2D eigenvalue weighted by Gasteiger charge is 2.33. The SMILES string of the molecule is CCC(C)CSC1CC(C)CCC1C(=O)O. The highest BCUT2D eigenvalue weighted by molar-refractivity contribution is 7.99. The molecule has 0 amide bonds. The quantitative estimate of drug-likeness (QED) is 0.802. The lowest BCUT2D eigenvalue weighted by Gasteiger charge is -2.32. The lowest BCUT2D eigenvalue weighted by molar-refractivity contribution is -0.142. The first-order chi connectivity index (χ1) is 7.54. The van der Waals surface area contributed by atoms with Crippen LogP contribution in [0.1, 0.15) is 46.5 Å². The number of hydrogen-bond acceptors (Lipinski definition) is 2. The molecule has 1 fully saturated rings. The molecule has 1 aliphatic carbocycles. The highest BCUT2D eigenvalue weighted by Crippen LogP contribution is 2.37. The second kappa shape index (κ2) is 6.53. The van der Waals surface area contributed by atoms with Crippen molar-refractivity contribution in [3.8, 4) is 0 Å². The zero-order chi connectivity index (χ0) is 12.1. The summed E-state index contributed by atoms with van der Waals surface area (Å²) in [5.74, 6) is 1.82. The van der Waals surface area contributed by atoms with Crippen molar-refractivity contribution in [2.75, 3.05) is 5.75 Å². The Morgan fingerprint density at radius 1 is 1.50 bits per heavy atom. The maximum atomic E-state index is 11.2. The highest BCUT2D eigenvalue weighted by atomic mass is 32.2. The Kier molecular flexibility index (Phi) is 5.67. The Balaban J connectivity index is 2.47. The van der Waals surface area contributed by atoms with E-state index >= 15 is 0 Å². The van der Waals surface area contributed by atoms with Crippen LogP contribution in [0.25, 0.3) is 0 Å². The molecule has 2 nitrogen and oxygen atoms in total. The molecule has 16 heavy (non-hydrogen) atoms. The molecule has 1 saturated carbocycles. The first kappa shape index (κ1) is 13.9. The summed E-state index contributed by atoms with van der Waals surface area (Å²) in [7, 11) is 0. The van der Waals surface area contributed by atoms with Gasteiger partial charge in [0.1, 0.15) is 0 Å². The number of aliphatic carboxylic acids is 1. The van der Waals surface area contributed by atoms with Gasteiger partial charge in [-0.3, -0.25) is 4.79 Å². The van der Waals surface area contributed by atoms with E-state index in [4.69, 9.17) is 0 Å². The van der Waals surface area contributed by atoms with Crippen molar-refractivity contribution in [3.63, 3.8) is 0 Å². The summed E-state index contributed by atoms with van der Waals surface area (Å²) in [5.41, 5.74) is 0. The summed E-state index contributed by atoms with van der Waals surface area (Å²) in [6, 6.07) is 0. The molecule has 0 aliphatic heterocycles. The van der Waals surface area contributed by atoms with Gasteiger partial charge < -0.3 is 5.11 Å². The maximum Gasteiger partial charge on any atom is 0.307 e. The van der Waals surface area contributed by atoms with E-state index in [-0.39, 0.29) is 5.92 Å². The first-order valence-electron chi connectivity index (χ1n) is 6.39. The van der Waals surface area contributed by atoms with Gasteiger partial charge in [0.05, 0.1) is 5.92 Å². The first-order valence-corrected chi connectivity index (χ1v) is 7.43. The average Bonchev–Trinajstić information content (AvgIpc) is 2.25. The minimum Gasteiger partial charge on any atom is -0.481 e. The number of carboxylic acid groups (broad SMARTS) is 1. The van der Waals surface area contributed by atoms with Crippen LogP contribution >= 0.6 is 11.8 Å². The molecule has 0 aromatic carbocycles. The number of thioether (sulfide) groups is 1. The Hall–Kier alpha value is -0.180. The van der Waals surface area contributed by atoms with Crippen LogP contribution in [0.4, 0.5) is 0 Å². The van der Waals surface area contributed by atoms with Crippen LogP contribution in [0.2, 0.25) is 0 Å². The van der Waals surface area contributed by atoms with E-state index in [2.05, 4.69) is 20.8 Å². The standard InChI is InChI=1S/C13H24O2S/c1-4-9(2)8-16-12-7-10(3)5-6-11(12)13(14)15/h9-12H,4-8H2,1-3H3,(H,14,15). The molecule has 94 valence electrons. The molecule has 4 atom stereocenters. The fourth-order valence-electron chi connectivity index (χ4n) is 2.20. The largest absolute Gasteiger partial charge is 0.481 e. The fourth-order valence-corrected chi connectivity index (χ4v) is 3.96. The molecule has 1 rings (SSSR count). The molecular weight excluding hydrogens is 220 g/mol. The zero-order valence-electron chi connectivity index (χ0n) is 10.6. The minimum absolute atomic E-state index is 0.106. The van der Waals surface area contributed by atoms with Crippen LogP contribution in [0, 0.1) is 17.8 Å². The van der Waals surface area contributed by atoms with E-state index in [1.165, 1.54) is 6.42 Å². The molecule has 0 heterocycles. The Morgan fingerprint density at radius 3 is 2.75 bits per heavy atom. The van der Waals surface area contributed by atoms with Crippen molar-refractivity contribution >= 4 is 17.7 Å².